The van der Waals surface area contributed by atoms with Gasteiger partial charge in [-0.3, -0.25) is 9.78 Å². The standard InChI is InChI=1S/C22H18N4O4/c1-28-17-10-8-15(9-11-17)22-26-25-20(30-22)14-29-18-6-4-5-16(13-18)24-21(27)19-7-2-3-12-23-19/h2-13H,14H2,1H3,(H,24,27). The van der Waals surface area contributed by atoms with Crippen molar-refractivity contribution in [2.24, 2.45) is 0 Å². The smallest absolute Gasteiger partial charge is 0.274 e. The van der Waals surface area contributed by atoms with Gasteiger partial charge in [-0.2, -0.15) is 0 Å². The van der Waals surface area contributed by atoms with Crippen molar-refractivity contribution in [2.45, 2.75) is 6.61 Å². The molecule has 1 amide bonds. The molecule has 2 heterocycles. The Kier molecular flexibility index (Phi) is 5.66. The third-order valence-corrected chi connectivity index (χ3v) is 4.16. The number of anilines is 1. The zero-order valence-corrected chi connectivity index (χ0v) is 16.1. The largest absolute Gasteiger partial charge is 0.497 e. The highest BCUT2D eigenvalue weighted by molar-refractivity contribution is 6.02. The molecule has 0 aliphatic heterocycles. The number of hydrogen-bond donors (Lipinski definition) is 1. The summed E-state index contributed by atoms with van der Waals surface area (Å²) >= 11 is 0. The number of benzene rings is 2. The van der Waals surface area contributed by atoms with Gasteiger partial charge in [-0.1, -0.05) is 12.1 Å². The van der Waals surface area contributed by atoms with Crippen LogP contribution in [0.25, 0.3) is 11.5 Å². The average molecular weight is 402 g/mol. The van der Waals surface area contributed by atoms with E-state index in [0.29, 0.717) is 28.9 Å². The van der Waals surface area contributed by atoms with Crippen molar-refractivity contribution in [3.63, 3.8) is 0 Å². The Morgan fingerprint density at radius 2 is 1.87 bits per heavy atom. The first-order valence-corrected chi connectivity index (χ1v) is 9.13. The van der Waals surface area contributed by atoms with Gasteiger partial charge in [0.2, 0.25) is 5.89 Å². The summed E-state index contributed by atoms with van der Waals surface area (Å²) in [6.07, 6.45) is 1.57. The van der Waals surface area contributed by atoms with Crippen molar-refractivity contribution in [3.05, 3.63) is 84.5 Å². The predicted molar refractivity (Wildman–Crippen MR) is 109 cm³/mol. The fraction of sp³-hybridized carbons (Fsp3) is 0.0909. The summed E-state index contributed by atoms with van der Waals surface area (Å²) in [4.78, 5) is 16.3. The molecule has 0 bridgehead atoms. The lowest BCUT2D eigenvalue weighted by molar-refractivity contribution is 0.102. The van der Waals surface area contributed by atoms with Crippen molar-refractivity contribution in [1.82, 2.24) is 15.2 Å². The Hall–Kier alpha value is -4.20. The second-order valence-electron chi connectivity index (χ2n) is 6.22. The molecule has 4 aromatic rings. The van der Waals surface area contributed by atoms with E-state index in [2.05, 4.69) is 20.5 Å². The highest BCUT2D eigenvalue weighted by Crippen LogP contribution is 2.22. The molecule has 0 radical (unpaired) electrons. The number of nitrogens with one attached hydrogen (secondary N) is 1. The number of carbonyl (C=O) groups is 1. The number of rotatable bonds is 7. The molecule has 0 atom stereocenters. The Bertz CT molecular complexity index is 1130. The van der Waals surface area contributed by atoms with E-state index in [0.717, 1.165) is 11.3 Å². The van der Waals surface area contributed by atoms with Crippen LogP contribution in [0.4, 0.5) is 5.69 Å². The summed E-state index contributed by atoms with van der Waals surface area (Å²) < 4.78 is 16.5. The monoisotopic (exact) mass is 402 g/mol. The van der Waals surface area contributed by atoms with E-state index in [1.807, 2.05) is 24.3 Å². The van der Waals surface area contributed by atoms with E-state index in [9.17, 15) is 4.79 Å². The molecule has 4 rings (SSSR count). The molecule has 0 aliphatic rings. The van der Waals surface area contributed by atoms with Crippen molar-refractivity contribution in [3.8, 4) is 23.0 Å². The van der Waals surface area contributed by atoms with E-state index in [1.54, 1.807) is 55.8 Å². The number of methoxy groups -OCH3 is 1. The third-order valence-electron chi connectivity index (χ3n) is 4.16. The zero-order valence-electron chi connectivity index (χ0n) is 16.1. The van der Waals surface area contributed by atoms with E-state index < -0.39 is 0 Å². The van der Waals surface area contributed by atoms with Crippen LogP contribution in [-0.4, -0.2) is 28.2 Å². The van der Waals surface area contributed by atoms with Gasteiger partial charge < -0.3 is 19.2 Å². The second kappa shape index (κ2) is 8.87. The lowest BCUT2D eigenvalue weighted by Gasteiger charge is -2.07. The van der Waals surface area contributed by atoms with Crippen LogP contribution in [-0.2, 0) is 6.61 Å². The maximum atomic E-state index is 12.2. The molecule has 1 N–H and O–H groups in total. The first-order chi connectivity index (χ1) is 14.7. The van der Waals surface area contributed by atoms with E-state index in [4.69, 9.17) is 13.9 Å². The minimum Gasteiger partial charge on any atom is -0.497 e. The molecule has 0 spiro atoms. The molecule has 0 saturated carbocycles. The molecule has 0 unspecified atom stereocenters. The molecule has 0 fully saturated rings. The summed E-state index contributed by atoms with van der Waals surface area (Å²) in [7, 11) is 1.61. The van der Waals surface area contributed by atoms with Crippen LogP contribution in [0.1, 0.15) is 16.4 Å². The van der Waals surface area contributed by atoms with Gasteiger partial charge in [0.05, 0.1) is 7.11 Å². The van der Waals surface area contributed by atoms with Crippen LogP contribution in [0.5, 0.6) is 11.5 Å². The summed E-state index contributed by atoms with van der Waals surface area (Å²) in [5.74, 6) is 1.74. The quantitative estimate of drug-likeness (QED) is 0.499. The molecular weight excluding hydrogens is 384 g/mol. The fourth-order valence-corrected chi connectivity index (χ4v) is 2.66. The van der Waals surface area contributed by atoms with Gasteiger partial charge in [0.25, 0.3) is 11.8 Å². The van der Waals surface area contributed by atoms with Crippen LogP contribution in [0.2, 0.25) is 0 Å². The first-order valence-electron chi connectivity index (χ1n) is 9.13. The summed E-state index contributed by atoms with van der Waals surface area (Å²) in [5, 5.41) is 10.8. The lowest BCUT2D eigenvalue weighted by atomic mass is 10.2. The van der Waals surface area contributed by atoms with Gasteiger partial charge in [0.15, 0.2) is 6.61 Å². The van der Waals surface area contributed by atoms with Gasteiger partial charge >= 0.3 is 0 Å². The van der Waals surface area contributed by atoms with Crippen molar-refractivity contribution in [1.29, 1.82) is 0 Å². The van der Waals surface area contributed by atoms with Crippen LogP contribution in [0.3, 0.4) is 0 Å². The van der Waals surface area contributed by atoms with Crippen LogP contribution >= 0.6 is 0 Å². The maximum Gasteiger partial charge on any atom is 0.274 e. The Morgan fingerprint density at radius 3 is 2.63 bits per heavy atom. The van der Waals surface area contributed by atoms with E-state index in [1.165, 1.54) is 0 Å². The zero-order chi connectivity index (χ0) is 20.8. The number of hydrogen-bond acceptors (Lipinski definition) is 7. The van der Waals surface area contributed by atoms with E-state index >= 15 is 0 Å². The number of pyridine rings is 1. The molecule has 150 valence electrons. The van der Waals surface area contributed by atoms with Crippen LogP contribution < -0.4 is 14.8 Å². The molecular formula is C22H18N4O4. The Morgan fingerprint density at radius 1 is 1.00 bits per heavy atom. The van der Waals surface area contributed by atoms with Gasteiger partial charge in [-0.05, 0) is 48.5 Å². The minimum absolute atomic E-state index is 0.0980. The van der Waals surface area contributed by atoms with Crippen LogP contribution in [0.15, 0.2) is 77.3 Å². The minimum atomic E-state index is -0.297. The van der Waals surface area contributed by atoms with Gasteiger partial charge in [0, 0.05) is 23.5 Å². The molecule has 2 aromatic heterocycles. The van der Waals surface area contributed by atoms with Gasteiger partial charge in [-0.25, -0.2) is 0 Å². The van der Waals surface area contributed by atoms with E-state index in [-0.39, 0.29) is 12.5 Å². The number of aromatic nitrogens is 3. The van der Waals surface area contributed by atoms with Crippen LogP contribution in [0, 0.1) is 0 Å². The Balaban J connectivity index is 1.38. The maximum absolute atomic E-state index is 12.2. The first kappa shape index (κ1) is 19.1. The summed E-state index contributed by atoms with van der Waals surface area (Å²) in [5.41, 5.74) is 1.71. The third kappa shape index (κ3) is 4.61. The molecule has 2 aromatic carbocycles. The second-order valence-corrected chi connectivity index (χ2v) is 6.22. The molecule has 0 saturated heterocycles. The summed E-state index contributed by atoms with van der Waals surface area (Å²) in [6, 6.07) is 19.5. The molecule has 30 heavy (non-hydrogen) atoms. The average Bonchev–Trinajstić information content (AvgIpc) is 3.28. The predicted octanol–water partition coefficient (Wildman–Crippen LogP) is 3.97. The molecule has 8 nitrogen and oxygen atoms in total. The Labute approximate surface area is 172 Å². The van der Waals surface area contributed by atoms with Crippen molar-refractivity contribution >= 4 is 11.6 Å². The number of amides is 1. The highest BCUT2D eigenvalue weighted by atomic mass is 16.5. The number of nitrogens with zero attached hydrogens (tertiary/aromatic N) is 3. The SMILES string of the molecule is COc1ccc(-c2nnc(COc3cccc(NC(=O)c4ccccn4)c3)o2)cc1. The molecule has 0 aliphatic carbocycles. The van der Waals surface area contributed by atoms with Gasteiger partial charge in [-0.15, -0.1) is 10.2 Å². The highest BCUT2D eigenvalue weighted by Gasteiger charge is 2.11. The summed E-state index contributed by atoms with van der Waals surface area (Å²) in [6.45, 7) is 0.0980. The van der Waals surface area contributed by atoms with Crippen molar-refractivity contribution in [2.75, 3.05) is 12.4 Å². The van der Waals surface area contributed by atoms with Crippen molar-refractivity contribution < 1.29 is 18.7 Å². The number of carbonyl (C=O) groups excluding carboxylic acids is 1. The number of ether oxygens (including phenoxy) is 2. The molecule has 8 heteroatoms. The normalized spacial score (nSPS) is 10.4. The fourth-order valence-electron chi connectivity index (χ4n) is 2.66. The lowest BCUT2D eigenvalue weighted by Crippen LogP contribution is -2.13. The topological polar surface area (TPSA) is 99.4 Å². The van der Waals surface area contributed by atoms with Gasteiger partial charge in [0.1, 0.15) is 17.2 Å².